The average molecular weight is 221 g/mol. The Kier molecular flexibility index (Phi) is 3.48. The summed E-state index contributed by atoms with van der Waals surface area (Å²) in [5, 5.41) is 0.814. The van der Waals surface area contributed by atoms with Gasteiger partial charge in [-0.3, -0.25) is 0 Å². The van der Waals surface area contributed by atoms with E-state index in [2.05, 4.69) is 25.1 Å². The maximum absolute atomic E-state index is 5.85. The van der Waals surface area contributed by atoms with Crippen molar-refractivity contribution in [3.63, 3.8) is 0 Å². The molecule has 15 heavy (non-hydrogen) atoms. The molecular formula is C14H17Cl. The number of hydrogen-bond donors (Lipinski definition) is 0. The molecule has 1 aromatic carbocycles. The van der Waals surface area contributed by atoms with Crippen molar-refractivity contribution in [3.8, 4) is 0 Å². The first-order valence-electron chi connectivity index (χ1n) is 5.69. The van der Waals surface area contributed by atoms with E-state index >= 15 is 0 Å². The lowest BCUT2D eigenvalue weighted by atomic mass is 9.86. The normalized spacial score (nSPS) is 21.5. The standard InChI is InChI=1S/C14H17Cl/c1-11-2-4-12(5-3-11)10-13-6-8-14(15)9-7-13/h6-11H,2-5H2,1H3. The summed E-state index contributed by atoms with van der Waals surface area (Å²) >= 11 is 5.85. The zero-order valence-corrected chi connectivity index (χ0v) is 9.93. The maximum Gasteiger partial charge on any atom is 0.0406 e. The highest BCUT2D eigenvalue weighted by atomic mass is 35.5. The Morgan fingerprint density at radius 2 is 1.73 bits per heavy atom. The molecule has 0 radical (unpaired) electrons. The Hall–Kier alpha value is -0.750. The van der Waals surface area contributed by atoms with Gasteiger partial charge in [-0.15, -0.1) is 0 Å². The molecule has 0 N–H and O–H groups in total. The average Bonchev–Trinajstić information content (AvgIpc) is 2.25. The molecule has 0 amide bonds. The van der Waals surface area contributed by atoms with Gasteiger partial charge in [0.25, 0.3) is 0 Å². The van der Waals surface area contributed by atoms with Crippen LogP contribution in [0.5, 0.6) is 0 Å². The van der Waals surface area contributed by atoms with Crippen LogP contribution < -0.4 is 0 Å². The molecule has 0 atom stereocenters. The Morgan fingerprint density at radius 1 is 1.13 bits per heavy atom. The second kappa shape index (κ2) is 4.85. The van der Waals surface area contributed by atoms with E-state index < -0.39 is 0 Å². The van der Waals surface area contributed by atoms with Crippen LogP contribution in [0.15, 0.2) is 29.8 Å². The van der Waals surface area contributed by atoms with Crippen LogP contribution in [-0.4, -0.2) is 0 Å². The third-order valence-electron chi connectivity index (χ3n) is 3.16. The van der Waals surface area contributed by atoms with Crippen LogP contribution in [0.1, 0.15) is 38.2 Å². The largest absolute Gasteiger partial charge is 0.0843 e. The molecule has 2 rings (SSSR count). The van der Waals surface area contributed by atoms with Gasteiger partial charge in [0.1, 0.15) is 0 Å². The molecule has 0 aliphatic heterocycles. The van der Waals surface area contributed by atoms with Gasteiger partial charge in [-0.25, -0.2) is 0 Å². The second-order valence-electron chi connectivity index (χ2n) is 4.54. The first-order chi connectivity index (χ1) is 7.24. The van der Waals surface area contributed by atoms with Gasteiger partial charge >= 0.3 is 0 Å². The lowest BCUT2D eigenvalue weighted by molar-refractivity contribution is 0.446. The predicted molar refractivity (Wildman–Crippen MR) is 67.1 cm³/mol. The molecular weight excluding hydrogens is 204 g/mol. The minimum Gasteiger partial charge on any atom is -0.0843 e. The van der Waals surface area contributed by atoms with Gasteiger partial charge < -0.3 is 0 Å². The summed E-state index contributed by atoms with van der Waals surface area (Å²) < 4.78 is 0. The Morgan fingerprint density at radius 3 is 2.33 bits per heavy atom. The molecule has 0 saturated heterocycles. The molecule has 1 saturated carbocycles. The summed E-state index contributed by atoms with van der Waals surface area (Å²) in [6.45, 7) is 2.35. The lowest BCUT2D eigenvalue weighted by Gasteiger charge is -2.20. The molecule has 0 nitrogen and oxygen atoms in total. The molecule has 1 fully saturated rings. The van der Waals surface area contributed by atoms with Crippen molar-refractivity contribution in [2.24, 2.45) is 5.92 Å². The van der Waals surface area contributed by atoms with Gasteiger partial charge in [-0.2, -0.15) is 0 Å². The number of hydrogen-bond acceptors (Lipinski definition) is 0. The van der Waals surface area contributed by atoms with Gasteiger partial charge in [0, 0.05) is 5.02 Å². The minimum atomic E-state index is 0.814. The van der Waals surface area contributed by atoms with E-state index in [1.807, 2.05) is 12.1 Å². The van der Waals surface area contributed by atoms with Crippen LogP contribution >= 0.6 is 11.6 Å². The van der Waals surface area contributed by atoms with Crippen molar-refractivity contribution < 1.29 is 0 Å². The summed E-state index contributed by atoms with van der Waals surface area (Å²) in [7, 11) is 0. The third-order valence-corrected chi connectivity index (χ3v) is 3.41. The number of benzene rings is 1. The summed E-state index contributed by atoms with van der Waals surface area (Å²) in [4.78, 5) is 0. The Bertz CT molecular complexity index is 338. The summed E-state index contributed by atoms with van der Waals surface area (Å²) in [5.74, 6) is 0.910. The van der Waals surface area contributed by atoms with E-state index in [1.54, 1.807) is 5.57 Å². The highest BCUT2D eigenvalue weighted by Gasteiger charge is 2.11. The highest BCUT2D eigenvalue weighted by molar-refractivity contribution is 6.30. The molecule has 0 bridgehead atoms. The fourth-order valence-corrected chi connectivity index (χ4v) is 2.20. The minimum absolute atomic E-state index is 0.814. The van der Waals surface area contributed by atoms with E-state index in [-0.39, 0.29) is 0 Å². The third kappa shape index (κ3) is 3.10. The topological polar surface area (TPSA) is 0 Å². The molecule has 0 heterocycles. The first kappa shape index (κ1) is 10.8. The molecule has 1 aliphatic carbocycles. The first-order valence-corrected chi connectivity index (χ1v) is 6.07. The SMILES string of the molecule is CC1CCC(=Cc2ccc(Cl)cc2)CC1. The molecule has 1 heteroatoms. The van der Waals surface area contributed by atoms with Crippen LogP contribution in [-0.2, 0) is 0 Å². The smallest absolute Gasteiger partial charge is 0.0406 e. The van der Waals surface area contributed by atoms with Crippen molar-refractivity contribution in [2.45, 2.75) is 32.6 Å². The lowest BCUT2D eigenvalue weighted by Crippen LogP contribution is -2.03. The van der Waals surface area contributed by atoms with Gasteiger partial charge in [-0.1, -0.05) is 42.3 Å². The van der Waals surface area contributed by atoms with E-state index in [0.29, 0.717) is 0 Å². The van der Waals surface area contributed by atoms with Gasteiger partial charge in [0.15, 0.2) is 0 Å². The van der Waals surface area contributed by atoms with Crippen molar-refractivity contribution in [3.05, 3.63) is 40.4 Å². The quantitative estimate of drug-likeness (QED) is 0.629. The molecule has 1 aromatic rings. The Labute approximate surface area is 97.0 Å². The highest BCUT2D eigenvalue weighted by Crippen LogP contribution is 2.29. The number of allylic oxidation sites excluding steroid dienone is 1. The predicted octanol–water partition coefficient (Wildman–Crippen LogP) is 4.93. The summed E-state index contributed by atoms with van der Waals surface area (Å²) in [5.41, 5.74) is 2.87. The van der Waals surface area contributed by atoms with Crippen LogP contribution in [0, 0.1) is 5.92 Å². The van der Waals surface area contributed by atoms with Crippen LogP contribution in [0.2, 0.25) is 5.02 Å². The van der Waals surface area contributed by atoms with Crippen molar-refractivity contribution in [2.75, 3.05) is 0 Å². The monoisotopic (exact) mass is 220 g/mol. The number of rotatable bonds is 1. The van der Waals surface area contributed by atoms with Crippen LogP contribution in [0.25, 0.3) is 6.08 Å². The molecule has 0 spiro atoms. The summed E-state index contributed by atoms with van der Waals surface area (Å²) in [6.07, 6.45) is 7.55. The van der Waals surface area contributed by atoms with E-state index in [4.69, 9.17) is 11.6 Å². The van der Waals surface area contributed by atoms with E-state index in [9.17, 15) is 0 Å². The zero-order chi connectivity index (χ0) is 10.7. The van der Waals surface area contributed by atoms with Gasteiger partial charge in [-0.05, 0) is 49.3 Å². The summed E-state index contributed by atoms with van der Waals surface area (Å²) in [6, 6.07) is 8.10. The fraction of sp³-hybridized carbons (Fsp3) is 0.429. The Balaban J connectivity index is 2.06. The molecule has 1 aliphatic rings. The molecule has 80 valence electrons. The van der Waals surface area contributed by atoms with Crippen molar-refractivity contribution in [1.82, 2.24) is 0 Å². The van der Waals surface area contributed by atoms with Crippen molar-refractivity contribution in [1.29, 1.82) is 0 Å². The van der Waals surface area contributed by atoms with Gasteiger partial charge in [0.05, 0.1) is 0 Å². The number of halogens is 1. The van der Waals surface area contributed by atoms with Gasteiger partial charge in [0.2, 0.25) is 0 Å². The van der Waals surface area contributed by atoms with Crippen LogP contribution in [0.3, 0.4) is 0 Å². The van der Waals surface area contributed by atoms with E-state index in [0.717, 1.165) is 10.9 Å². The zero-order valence-electron chi connectivity index (χ0n) is 9.17. The molecule has 0 aromatic heterocycles. The second-order valence-corrected chi connectivity index (χ2v) is 4.97. The maximum atomic E-state index is 5.85. The fourth-order valence-electron chi connectivity index (χ4n) is 2.07. The van der Waals surface area contributed by atoms with E-state index in [1.165, 1.54) is 31.2 Å². The molecule has 0 unspecified atom stereocenters. The van der Waals surface area contributed by atoms with Crippen LogP contribution in [0.4, 0.5) is 0 Å². The van der Waals surface area contributed by atoms with Crippen molar-refractivity contribution >= 4 is 17.7 Å².